The van der Waals surface area contributed by atoms with Crippen molar-refractivity contribution in [1.82, 2.24) is 0 Å². The van der Waals surface area contributed by atoms with Gasteiger partial charge in [0.05, 0.1) is 12.8 Å². The van der Waals surface area contributed by atoms with Crippen molar-refractivity contribution in [2.45, 2.75) is 90.2 Å². The number of hydrogen-bond acceptors (Lipinski definition) is 10. The fourth-order valence-electron chi connectivity index (χ4n) is 6.95. The van der Waals surface area contributed by atoms with Gasteiger partial charge in [0.2, 0.25) is 12.1 Å². The first-order chi connectivity index (χ1) is 18.6. The second-order valence-corrected chi connectivity index (χ2v) is 11.6. The molecule has 1 aromatic heterocycles. The molecule has 10 heteroatoms. The Kier molecular flexibility index (Phi) is 6.57. The molecule has 2 bridgehead atoms. The van der Waals surface area contributed by atoms with Gasteiger partial charge in [-0.15, -0.1) is 0 Å². The van der Waals surface area contributed by atoms with Gasteiger partial charge >= 0.3 is 17.6 Å². The van der Waals surface area contributed by atoms with Crippen LogP contribution in [-0.4, -0.2) is 35.9 Å². The number of aryl methyl sites for hydroxylation is 1. The zero-order valence-corrected chi connectivity index (χ0v) is 22.6. The topological polar surface area (TPSA) is 120 Å². The molecule has 10 nitrogen and oxygen atoms in total. The SMILES string of the molecule is Cc1cc(=O)oc2cc(OC(=O)CCC(=O)O[C@@H]3O[C@@H]4OC5(C)CCC6[C@H](C)CC[C@@H]([C@H]3C)C64OO5)ccc12. The van der Waals surface area contributed by atoms with Gasteiger partial charge in [-0.1, -0.05) is 13.8 Å². The van der Waals surface area contributed by atoms with Crippen molar-refractivity contribution in [3.8, 4) is 5.75 Å². The first kappa shape index (κ1) is 26.4. The van der Waals surface area contributed by atoms with E-state index in [2.05, 4.69) is 6.92 Å². The van der Waals surface area contributed by atoms with Crippen LogP contribution in [0, 0.1) is 30.6 Å². The molecule has 2 aromatic rings. The Labute approximate surface area is 225 Å². The minimum absolute atomic E-state index is 0.0273. The third-order valence-corrected chi connectivity index (χ3v) is 9.03. The molecule has 39 heavy (non-hydrogen) atoms. The van der Waals surface area contributed by atoms with Crippen LogP contribution < -0.4 is 10.4 Å². The van der Waals surface area contributed by atoms with Gasteiger partial charge in [-0.2, -0.15) is 0 Å². The lowest BCUT2D eigenvalue weighted by atomic mass is 9.58. The van der Waals surface area contributed by atoms with E-state index in [0.29, 0.717) is 17.9 Å². The highest BCUT2D eigenvalue weighted by atomic mass is 17.3. The number of carbonyl (C=O) groups excluding carboxylic acids is 2. The van der Waals surface area contributed by atoms with E-state index in [-0.39, 0.29) is 36.3 Å². The molecular formula is C29H34O10. The van der Waals surface area contributed by atoms with E-state index in [9.17, 15) is 14.4 Å². The third kappa shape index (κ3) is 4.57. The molecule has 7 rings (SSSR count). The van der Waals surface area contributed by atoms with Crippen molar-refractivity contribution < 1.29 is 42.7 Å². The van der Waals surface area contributed by atoms with Gasteiger partial charge in [-0.05, 0) is 62.6 Å². The highest BCUT2D eigenvalue weighted by molar-refractivity contribution is 5.83. The van der Waals surface area contributed by atoms with Crippen LogP contribution in [0.5, 0.6) is 5.75 Å². The maximum atomic E-state index is 12.8. The number of hydrogen-bond donors (Lipinski definition) is 0. The van der Waals surface area contributed by atoms with Crippen molar-refractivity contribution >= 4 is 22.9 Å². The molecule has 5 aliphatic rings. The summed E-state index contributed by atoms with van der Waals surface area (Å²) < 4.78 is 28.9. The Morgan fingerprint density at radius 2 is 1.82 bits per heavy atom. The van der Waals surface area contributed by atoms with Crippen molar-refractivity contribution in [2.24, 2.45) is 23.7 Å². The van der Waals surface area contributed by atoms with E-state index in [4.69, 9.17) is 33.1 Å². The molecule has 0 radical (unpaired) electrons. The summed E-state index contributed by atoms with van der Waals surface area (Å²) in [7, 11) is 0. The Bertz CT molecular complexity index is 1350. The number of ether oxygens (including phenoxy) is 4. The summed E-state index contributed by atoms with van der Waals surface area (Å²) in [4.78, 5) is 48.8. The first-order valence-corrected chi connectivity index (χ1v) is 13.7. The molecule has 1 aromatic carbocycles. The smallest absolute Gasteiger partial charge is 0.336 e. The molecule has 8 atom stereocenters. The second-order valence-electron chi connectivity index (χ2n) is 11.6. The fraction of sp³-hybridized carbons (Fsp3) is 0.621. The molecule has 1 saturated carbocycles. The van der Waals surface area contributed by atoms with Crippen molar-refractivity contribution in [2.75, 3.05) is 0 Å². The maximum absolute atomic E-state index is 12.8. The first-order valence-electron chi connectivity index (χ1n) is 13.7. The van der Waals surface area contributed by atoms with Crippen LogP contribution in [0.15, 0.2) is 33.5 Å². The lowest BCUT2D eigenvalue weighted by Gasteiger charge is -2.59. The van der Waals surface area contributed by atoms with Gasteiger partial charge in [-0.3, -0.25) is 9.59 Å². The number of fused-ring (bicyclic) bond motifs is 3. The molecule has 1 aliphatic carbocycles. The van der Waals surface area contributed by atoms with E-state index in [1.165, 1.54) is 12.1 Å². The van der Waals surface area contributed by atoms with E-state index in [1.807, 2.05) is 13.8 Å². The van der Waals surface area contributed by atoms with Gasteiger partial charge < -0.3 is 23.4 Å². The van der Waals surface area contributed by atoms with E-state index >= 15 is 0 Å². The zero-order chi connectivity index (χ0) is 27.5. The monoisotopic (exact) mass is 542 g/mol. The van der Waals surface area contributed by atoms with E-state index < -0.39 is 41.5 Å². The van der Waals surface area contributed by atoms with Crippen LogP contribution in [0.2, 0.25) is 0 Å². The fourth-order valence-corrected chi connectivity index (χ4v) is 6.95. The number of esters is 2. The molecule has 5 fully saturated rings. The summed E-state index contributed by atoms with van der Waals surface area (Å²) in [6.45, 7) is 7.88. The molecular weight excluding hydrogens is 508 g/mol. The Morgan fingerprint density at radius 3 is 2.64 bits per heavy atom. The molecule has 0 amide bonds. The van der Waals surface area contributed by atoms with Crippen LogP contribution >= 0.6 is 0 Å². The maximum Gasteiger partial charge on any atom is 0.336 e. The zero-order valence-electron chi connectivity index (χ0n) is 22.6. The summed E-state index contributed by atoms with van der Waals surface area (Å²) in [5.41, 5.74) is -0.134. The summed E-state index contributed by atoms with van der Waals surface area (Å²) in [6.07, 6.45) is 1.62. The van der Waals surface area contributed by atoms with E-state index in [0.717, 1.165) is 30.2 Å². The van der Waals surface area contributed by atoms with Gasteiger partial charge in [0.15, 0.2) is 11.9 Å². The predicted octanol–water partition coefficient (Wildman–Crippen LogP) is 4.54. The lowest BCUT2D eigenvalue weighted by molar-refractivity contribution is -0.576. The number of carbonyl (C=O) groups is 2. The second kappa shape index (κ2) is 9.69. The normalized spacial score (nSPS) is 37.1. The van der Waals surface area contributed by atoms with Crippen molar-refractivity contribution in [3.63, 3.8) is 0 Å². The molecule has 5 heterocycles. The summed E-state index contributed by atoms with van der Waals surface area (Å²) >= 11 is 0. The van der Waals surface area contributed by atoms with Gasteiger partial charge in [0.1, 0.15) is 11.3 Å². The minimum atomic E-state index is -0.916. The molecule has 0 N–H and O–H groups in total. The largest absolute Gasteiger partial charge is 0.435 e. The van der Waals surface area contributed by atoms with Crippen LogP contribution in [0.3, 0.4) is 0 Å². The van der Waals surface area contributed by atoms with Gasteiger partial charge in [0, 0.05) is 35.8 Å². The van der Waals surface area contributed by atoms with Gasteiger partial charge in [0.25, 0.3) is 0 Å². The van der Waals surface area contributed by atoms with Crippen LogP contribution in [-0.2, 0) is 33.6 Å². The Balaban J connectivity index is 1.09. The number of benzene rings is 1. The Morgan fingerprint density at radius 1 is 1.03 bits per heavy atom. The van der Waals surface area contributed by atoms with Crippen molar-refractivity contribution in [1.29, 1.82) is 0 Å². The lowest BCUT2D eigenvalue weighted by Crippen LogP contribution is -2.70. The average molecular weight is 543 g/mol. The molecule has 4 saturated heterocycles. The molecule has 3 unspecified atom stereocenters. The van der Waals surface area contributed by atoms with E-state index in [1.54, 1.807) is 19.1 Å². The Hall–Kier alpha value is -2.79. The highest BCUT2D eigenvalue weighted by Crippen LogP contribution is 2.60. The molecule has 4 aliphatic heterocycles. The van der Waals surface area contributed by atoms with Crippen LogP contribution in [0.1, 0.15) is 64.9 Å². The summed E-state index contributed by atoms with van der Waals surface area (Å²) in [6, 6.07) is 6.21. The van der Waals surface area contributed by atoms with Crippen LogP contribution in [0.25, 0.3) is 11.0 Å². The van der Waals surface area contributed by atoms with Crippen molar-refractivity contribution in [3.05, 3.63) is 40.2 Å². The minimum Gasteiger partial charge on any atom is -0.435 e. The standard InChI is InChI=1S/C29H34O10/c1-15-5-8-21-17(3)26(36-27-29(21)20(15)11-12-28(4,37-27)38-39-29)35-24(31)10-9-23(30)33-18-6-7-19-16(2)13-25(32)34-22(19)14-18/h6-7,13-15,17,20-21,26-27H,5,8-12H2,1-4H3/t15-,17-,20?,21+,26-,27-,28?,29?/m1/s1. The quantitative estimate of drug-likeness (QED) is 0.230. The third-order valence-electron chi connectivity index (χ3n) is 9.03. The summed E-state index contributed by atoms with van der Waals surface area (Å²) in [5.74, 6) is -1.35. The predicted molar refractivity (Wildman–Crippen MR) is 135 cm³/mol. The highest BCUT2D eigenvalue weighted by Gasteiger charge is 2.69. The molecule has 210 valence electrons. The number of rotatable bonds is 5. The molecule has 1 spiro atoms. The van der Waals surface area contributed by atoms with Crippen LogP contribution in [0.4, 0.5) is 0 Å². The summed E-state index contributed by atoms with van der Waals surface area (Å²) in [5, 5.41) is 0.747. The average Bonchev–Trinajstić information content (AvgIpc) is 3.11. The van der Waals surface area contributed by atoms with Gasteiger partial charge in [-0.25, -0.2) is 14.6 Å².